The van der Waals surface area contributed by atoms with Crippen molar-refractivity contribution in [3.8, 4) is 11.5 Å². The Morgan fingerprint density at radius 1 is 1.56 bits per heavy atom. The molecule has 0 fully saturated rings. The zero-order chi connectivity index (χ0) is 11.7. The minimum Gasteiger partial charge on any atom is -0.485 e. The van der Waals surface area contributed by atoms with Crippen molar-refractivity contribution in [2.45, 2.75) is 13.0 Å². The standard InChI is InChI=1S/C11H11NO4/c1-6(11(12)14)16-7-2-3-8-9(13)5-15-10(8)4-7/h2-4,6H,5H2,1H3,(H2,12,14). The molecule has 0 spiro atoms. The van der Waals surface area contributed by atoms with Crippen molar-refractivity contribution in [3.05, 3.63) is 23.8 Å². The van der Waals surface area contributed by atoms with Gasteiger partial charge in [-0.05, 0) is 19.1 Å². The average Bonchev–Trinajstić information content (AvgIpc) is 2.60. The van der Waals surface area contributed by atoms with Gasteiger partial charge in [0.1, 0.15) is 11.5 Å². The summed E-state index contributed by atoms with van der Waals surface area (Å²) in [5.74, 6) is 0.348. The van der Waals surface area contributed by atoms with Crippen molar-refractivity contribution in [3.63, 3.8) is 0 Å². The Balaban J connectivity index is 2.19. The molecule has 5 nitrogen and oxygen atoms in total. The molecule has 0 radical (unpaired) electrons. The van der Waals surface area contributed by atoms with Gasteiger partial charge >= 0.3 is 0 Å². The van der Waals surface area contributed by atoms with E-state index in [2.05, 4.69) is 0 Å². The van der Waals surface area contributed by atoms with E-state index >= 15 is 0 Å². The van der Waals surface area contributed by atoms with Crippen molar-refractivity contribution < 1.29 is 19.1 Å². The summed E-state index contributed by atoms with van der Waals surface area (Å²) in [7, 11) is 0. The van der Waals surface area contributed by atoms with Crippen LogP contribution >= 0.6 is 0 Å². The molecule has 0 aliphatic carbocycles. The molecule has 2 rings (SSSR count). The van der Waals surface area contributed by atoms with Crippen LogP contribution in [0, 0.1) is 0 Å². The second-order valence-electron chi connectivity index (χ2n) is 3.53. The summed E-state index contributed by atoms with van der Waals surface area (Å²) in [5, 5.41) is 0. The SMILES string of the molecule is CC(Oc1ccc2c(c1)OCC2=O)C(N)=O. The summed E-state index contributed by atoms with van der Waals surface area (Å²) in [6.07, 6.45) is -0.713. The number of ketones is 1. The van der Waals surface area contributed by atoms with Crippen molar-refractivity contribution >= 4 is 11.7 Å². The van der Waals surface area contributed by atoms with E-state index in [9.17, 15) is 9.59 Å². The first-order chi connectivity index (χ1) is 7.58. The first kappa shape index (κ1) is 10.5. The van der Waals surface area contributed by atoms with Crippen LogP contribution in [0.15, 0.2) is 18.2 Å². The highest BCUT2D eigenvalue weighted by Crippen LogP contribution is 2.29. The summed E-state index contributed by atoms with van der Waals surface area (Å²) < 4.78 is 10.4. The molecule has 1 aliphatic heterocycles. The number of carbonyl (C=O) groups excluding carboxylic acids is 2. The van der Waals surface area contributed by atoms with Gasteiger partial charge in [-0.2, -0.15) is 0 Å². The van der Waals surface area contributed by atoms with E-state index in [1.54, 1.807) is 25.1 Å². The van der Waals surface area contributed by atoms with E-state index < -0.39 is 12.0 Å². The second kappa shape index (κ2) is 3.84. The van der Waals surface area contributed by atoms with Gasteiger partial charge in [0.2, 0.25) is 5.78 Å². The molecule has 1 atom stereocenters. The molecule has 1 unspecified atom stereocenters. The van der Waals surface area contributed by atoms with Crippen LogP contribution in [-0.2, 0) is 4.79 Å². The summed E-state index contributed by atoms with van der Waals surface area (Å²) in [5.41, 5.74) is 5.61. The van der Waals surface area contributed by atoms with Crippen LogP contribution in [-0.4, -0.2) is 24.4 Å². The molecule has 2 N–H and O–H groups in total. The summed E-state index contributed by atoms with van der Waals surface area (Å²) >= 11 is 0. The number of hydrogen-bond acceptors (Lipinski definition) is 4. The highest BCUT2D eigenvalue weighted by Gasteiger charge is 2.22. The third-order valence-corrected chi connectivity index (χ3v) is 2.33. The Hall–Kier alpha value is -2.04. The van der Waals surface area contributed by atoms with Crippen LogP contribution in [0.3, 0.4) is 0 Å². The third-order valence-electron chi connectivity index (χ3n) is 2.33. The summed E-state index contributed by atoms with van der Waals surface area (Å²) in [6, 6.07) is 4.82. The highest BCUT2D eigenvalue weighted by atomic mass is 16.5. The second-order valence-corrected chi connectivity index (χ2v) is 3.53. The molecular weight excluding hydrogens is 210 g/mol. The van der Waals surface area contributed by atoms with Crippen LogP contribution in [0.5, 0.6) is 11.5 Å². The topological polar surface area (TPSA) is 78.6 Å². The quantitative estimate of drug-likeness (QED) is 0.806. The Bertz CT molecular complexity index is 455. The van der Waals surface area contributed by atoms with E-state index in [4.69, 9.17) is 15.2 Å². The van der Waals surface area contributed by atoms with Crippen molar-refractivity contribution in [1.29, 1.82) is 0 Å². The monoisotopic (exact) mass is 221 g/mol. The molecule has 1 amide bonds. The number of amides is 1. The van der Waals surface area contributed by atoms with Gasteiger partial charge in [0.05, 0.1) is 5.56 Å². The van der Waals surface area contributed by atoms with Crippen LogP contribution < -0.4 is 15.2 Å². The van der Waals surface area contributed by atoms with Gasteiger partial charge in [0.25, 0.3) is 5.91 Å². The van der Waals surface area contributed by atoms with Gasteiger partial charge in [-0.1, -0.05) is 0 Å². The Labute approximate surface area is 92.1 Å². The molecular formula is C11H11NO4. The lowest BCUT2D eigenvalue weighted by molar-refractivity contribution is -0.123. The fourth-order valence-electron chi connectivity index (χ4n) is 1.41. The maximum atomic E-state index is 11.3. The Kier molecular flexibility index (Phi) is 2.52. The summed E-state index contributed by atoms with van der Waals surface area (Å²) in [6.45, 7) is 1.62. The molecule has 0 aromatic heterocycles. The minimum absolute atomic E-state index is 0.0514. The van der Waals surface area contributed by atoms with E-state index in [1.165, 1.54) is 0 Å². The van der Waals surface area contributed by atoms with Crippen molar-refractivity contribution in [2.24, 2.45) is 5.73 Å². The number of nitrogens with two attached hydrogens (primary N) is 1. The normalized spacial score (nSPS) is 15.2. The molecule has 1 heterocycles. The zero-order valence-corrected chi connectivity index (χ0v) is 8.73. The molecule has 0 saturated heterocycles. The van der Waals surface area contributed by atoms with Crippen LogP contribution in [0.25, 0.3) is 0 Å². The number of rotatable bonds is 3. The zero-order valence-electron chi connectivity index (χ0n) is 8.73. The third kappa shape index (κ3) is 1.84. The molecule has 1 aliphatic rings. The van der Waals surface area contributed by atoms with Gasteiger partial charge in [-0.25, -0.2) is 0 Å². The van der Waals surface area contributed by atoms with Crippen LogP contribution in [0.1, 0.15) is 17.3 Å². The maximum absolute atomic E-state index is 11.3. The van der Waals surface area contributed by atoms with Gasteiger partial charge in [0, 0.05) is 6.07 Å². The van der Waals surface area contributed by atoms with Crippen LogP contribution in [0.2, 0.25) is 0 Å². The number of benzene rings is 1. The fourth-order valence-corrected chi connectivity index (χ4v) is 1.41. The Morgan fingerprint density at radius 3 is 3.00 bits per heavy atom. The van der Waals surface area contributed by atoms with E-state index in [0.29, 0.717) is 17.1 Å². The molecule has 84 valence electrons. The lowest BCUT2D eigenvalue weighted by atomic mass is 10.1. The van der Waals surface area contributed by atoms with Crippen LogP contribution in [0.4, 0.5) is 0 Å². The average molecular weight is 221 g/mol. The smallest absolute Gasteiger partial charge is 0.258 e. The molecule has 16 heavy (non-hydrogen) atoms. The minimum atomic E-state index is -0.713. The lowest BCUT2D eigenvalue weighted by Gasteiger charge is -2.11. The van der Waals surface area contributed by atoms with Gasteiger partial charge in [0.15, 0.2) is 12.7 Å². The summed E-state index contributed by atoms with van der Waals surface area (Å²) in [4.78, 5) is 22.1. The number of hydrogen-bond donors (Lipinski definition) is 1. The van der Waals surface area contributed by atoms with Gasteiger partial charge < -0.3 is 15.2 Å². The first-order valence-electron chi connectivity index (χ1n) is 4.84. The molecule has 0 bridgehead atoms. The molecule has 1 aromatic carbocycles. The maximum Gasteiger partial charge on any atom is 0.258 e. The van der Waals surface area contributed by atoms with Crippen molar-refractivity contribution in [1.82, 2.24) is 0 Å². The van der Waals surface area contributed by atoms with Gasteiger partial charge in [-0.15, -0.1) is 0 Å². The Morgan fingerprint density at radius 2 is 2.31 bits per heavy atom. The number of carbonyl (C=O) groups is 2. The van der Waals surface area contributed by atoms with E-state index in [0.717, 1.165) is 0 Å². The van der Waals surface area contributed by atoms with E-state index in [-0.39, 0.29) is 12.4 Å². The predicted molar refractivity (Wildman–Crippen MR) is 55.6 cm³/mol. The molecule has 1 aromatic rings. The first-order valence-corrected chi connectivity index (χ1v) is 4.84. The number of Topliss-reactive ketones (excluding diaryl/α,β-unsaturated/α-hetero) is 1. The number of primary amides is 1. The molecule has 0 saturated carbocycles. The fraction of sp³-hybridized carbons (Fsp3) is 0.273. The van der Waals surface area contributed by atoms with Crippen molar-refractivity contribution in [2.75, 3.05) is 6.61 Å². The predicted octanol–water partition coefficient (Wildman–Crippen LogP) is 0.514. The lowest BCUT2D eigenvalue weighted by Crippen LogP contribution is -2.30. The number of ether oxygens (including phenoxy) is 2. The van der Waals surface area contributed by atoms with E-state index in [1.807, 2.05) is 0 Å². The van der Waals surface area contributed by atoms with Gasteiger partial charge in [-0.3, -0.25) is 9.59 Å². The largest absolute Gasteiger partial charge is 0.485 e. The number of fused-ring (bicyclic) bond motifs is 1. The highest BCUT2D eigenvalue weighted by molar-refractivity contribution is 6.02. The molecule has 5 heteroatoms.